The van der Waals surface area contributed by atoms with Crippen LogP contribution in [0.4, 0.5) is 10.1 Å². The Morgan fingerprint density at radius 2 is 2.06 bits per heavy atom. The number of benzene rings is 1. The first-order chi connectivity index (χ1) is 8.49. The van der Waals surface area contributed by atoms with Gasteiger partial charge in [-0.1, -0.05) is 6.07 Å². The molecule has 0 spiro atoms. The highest BCUT2D eigenvalue weighted by molar-refractivity contribution is 9.10. The summed E-state index contributed by atoms with van der Waals surface area (Å²) in [5.41, 5.74) is 7.99. The van der Waals surface area contributed by atoms with Gasteiger partial charge in [0.2, 0.25) is 5.88 Å². The van der Waals surface area contributed by atoms with Gasteiger partial charge in [0.1, 0.15) is 0 Å². The van der Waals surface area contributed by atoms with Gasteiger partial charge in [0.15, 0.2) is 11.6 Å². The third kappa shape index (κ3) is 2.46. The zero-order chi connectivity index (χ0) is 13.3. The molecule has 0 aliphatic rings. The van der Waals surface area contributed by atoms with Gasteiger partial charge in [-0.2, -0.15) is 0 Å². The molecular formula is C13H12BrFN2O. The second kappa shape index (κ2) is 4.94. The lowest BCUT2D eigenvalue weighted by Crippen LogP contribution is -1.97. The van der Waals surface area contributed by atoms with E-state index in [1.807, 2.05) is 13.8 Å². The molecule has 18 heavy (non-hydrogen) atoms. The number of halogens is 2. The van der Waals surface area contributed by atoms with Crippen molar-refractivity contribution in [2.45, 2.75) is 13.8 Å². The summed E-state index contributed by atoms with van der Waals surface area (Å²) in [6.07, 6.45) is 1.49. The Morgan fingerprint density at radius 1 is 1.33 bits per heavy atom. The lowest BCUT2D eigenvalue weighted by molar-refractivity contribution is 0.424. The zero-order valence-electron chi connectivity index (χ0n) is 10.00. The monoisotopic (exact) mass is 310 g/mol. The number of hydrogen-bond donors (Lipinski definition) is 1. The Bertz CT molecular complexity index is 602. The van der Waals surface area contributed by atoms with Crippen LogP contribution in [0, 0.1) is 19.7 Å². The molecule has 1 aromatic heterocycles. The maximum atomic E-state index is 13.6. The number of hydrogen-bond acceptors (Lipinski definition) is 3. The molecule has 1 aromatic carbocycles. The number of nitrogen functional groups attached to an aromatic ring is 1. The fourth-order valence-corrected chi connectivity index (χ4v) is 1.85. The second-order valence-corrected chi connectivity index (χ2v) is 4.79. The van der Waals surface area contributed by atoms with Crippen LogP contribution in [0.1, 0.15) is 11.1 Å². The first-order valence-corrected chi connectivity index (χ1v) is 6.13. The van der Waals surface area contributed by atoms with Crippen LogP contribution in [0.5, 0.6) is 11.6 Å². The Balaban J connectivity index is 2.40. The molecule has 5 heteroatoms. The van der Waals surface area contributed by atoms with E-state index in [4.69, 9.17) is 10.5 Å². The van der Waals surface area contributed by atoms with Crippen molar-refractivity contribution in [3.8, 4) is 11.6 Å². The summed E-state index contributed by atoms with van der Waals surface area (Å²) in [6.45, 7) is 3.70. The van der Waals surface area contributed by atoms with Crippen molar-refractivity contribution in [1.82, 2.24) is 4.98 Å². The molecule has 0 aliphatic heterocycles. The first-order valence-electron chi connectivity index (χ1n) is 5.33. The van der Waals surface area contributed by atoms with Crippen molar-refractivity contribution in [3.63, 3.8) is 0 Å². The van der Waals surface area contributed by atoms with Crippen LogP contribution in [-0.2, 0) is 0 Å². The average Bonchev–Trinajstić information content (AvgIpc) is 2.34. The zero-order valence-corrected chi connectivity index (χ0v) is 11.6. The molecule has 1 heterocycles. The minimum atomic E-state index is -0.427. The molecule has 0 unspecified atom stereocenters. The standard InChI is InChI=1S/C13H12BrFN2O/c1-7-3-4-9(15)11(5-7)18-13-12(14)8(2)10(16)6-17-13/h3-6H,16H2,1-2H3. The van der Waals surface area contributed by atoms with Crippen LogP contribution in [0.2, 0.25) is 0 Å². The van der Waals surface area contributed by atoms with Gasteiger partial charge < -0.3 is 10.5 Å². The summed E-state index contributed by atoms with van der Waals surface area (Å²) < 4.78 is 19.7. The number of pyridine rings is 1. The molecule has 94 valence electrons. The summed E-state index contributed by atoms with van der Waals surface area (Å²) in [5, 5.41) is 0. The molecule has 2 rings (SSSR count). The molecule has 0 atom stereocenters. The summed E-state index contributed by atoms with van der Waals surface area (Å²) in [6, 6.07) is 4.66. The van der Waals surface area contributed by atoms with E-state index in [9.17, 15) is 4.39 Å². The highest BCUT2D eigenvalue weighted by Crippen LogP contribution is 2.33. The number of nitrogens with zero attached hydrogens (tertiary/aromatic N) is 1. The first kappa shape index (κ1) is 12.8. The fraction of sp³-hybridized carbons (Fsp3) is 0.154. The van der Waals surface area contributed by atoms with Gasteiger partial charge in [-0.15, -0.1) is 0 Å². The third-order valence-electron chi connectivity index (χ3n) is 2.56. The number of aryl methyl sites for hydroxylation is 1. The lowest BCUT2D eigenvalue weighted by Gasteiger charge is -2.10. The smallest absolute Gasteiger partial charge is 0.234 e. The Hall–Kier alpha value is -1.62. The molecule has 3 nitrogen and oxygen atoms in total. The van der Waals surface area contributed by atoms with Gasteiger partial charge >= 0.3 is 0 Å². The predicted octanol–water partition coefficient (Wildman–Crippen LogP) is 3.97. The minimum absolute atomic E-state index is 0.146. The SMILES string of the molecule is Cc1ccc(F)c(Oc2ncc(N)c(C)c2Br)c1. The molecule has 0 saturated carbocycles. The summed E-state index contributed by atoms with van der Waals surface area (Å²) in [7, 11) is 0. The lowest BCUT2D eigenvalue weighted by atomic mass is 10.2. The molecule has 2 aromatic rings. The maximum Gasteiger partial charge on any atom is 0.234 e. The van der Waals surface area contributed by atoms with Crippen molar-refractivity contribution in [2.75, 3.05) is 5.73 Å². The highest BCUT2D eigenvalue weighted by atomic mass is 79.9. The fourth-order valence-electron chi connectivity index (χ4n) is 1.43. The van der Waals surface area contributed by atoms with Crippen molar-refractivity contribution >= 4 is 21.6 Å². The number of nitrogens with two attached hydrogens (primary N) is 1. The summed E-state index contributed by atoms with van der Waals surface area (Å²) in [4.78, 5) is 4.04. The van der Waals surface area contributed by atoms with E-state index < -0.39 is 5.82 Å². The molecule has 0 fully saturated rings. The van der Waals surface area contributed by atoms with Crippen molar-refractivity contribution in [3.05, 3.63) is 45.8 Å². The Labute approximate surface area is 113 Å². The number of aromatic nitrogens is 1. The van der Waals surface area contributed by atoms with E-state index in [-0.39, 0.29) is 5.75 Å². The molecule has 2 N–H and O–H groups in total. The van der Waals surface area contributed by atoms with Gasteiger partial charge in [-0.25, -0.2) is 9.37 Å². The topological polar surface area (TPSA) is 48.1 Å². The predicted molar refractivity (Wildman–Crippen MR) is 72.3 cm³/mol. The second-order valence-electron chi connectivity index (χ2n) is 3.99. The van der Waals surface area contributed by atoms with Crippen LogP contribution in [0.25, 0.3) is 0 Å². The van der Waals surface area contributed by atoms with E-state index in [0.29, 0.717) is 16.0 Å². The van der Waals surface area contributed by atoms with Gasteiger partial charge in [0.25, 0.3) is 0 Å². The maximum absolute atomic E-state index is 13.6. The Morgan fingerprint density at radius 3 is 2.78 bits per heavy atom. The number of rotatable bonds is 2. The van der Waals surface area contributed by atoms with Crippen molar-refractivity contribution < 1.29 is 9.13 Å². The van der Waals surface area contributed by atoms with E-state index in [0.717, 1.165) is 11.1 Å². The van der Waals surface area contributed by atoms with Gasteiger partial charge in [-0.05, 0) is 53.0 Å². The van der Waals surface area contributed by atoms with E-state index in [2.05, 4.69) is 20.9 Å². The Kier molecular flexibility index (Phi) is 3.52. The number of ether oxygens (including phenoxy) is 1. The van der Waals surface area contributed by atoms with Crippen LogP contribution in [0.3, 0.4) is 0 Å². The van der Waals surface area contributed by atoms with Gasteiger partial charge in [-0.3, -0.25) is 0 Å². The largest absolute Gasteiger partial charge is 0.435 e. The number of anilines is 1. The quantitative estimate of drug-likeness (QED) is 0.913. The third-order valence-corrected chi connectivity index (χ3v) is 3.50. The van der Waals surface area contributed by atoms with E-state index >= 15 is 0 Å². The normalized spacial score (nSPS) is 10.4. The van der Waals surface area contributed by atoms with Crippen LogP contribution in [0.15, 0.2) is 28.9 Å². The molecule has 0 saturated heterocycles. The molecule has 0 aliphatic carbocycles. The van der Waals surface area contributed by atoms with E-state index in [1.165, 1.54) is 12.3 Å². The van der Waals surface area contributed by atoms with Crippen LogP contribution in [-0.4, -0.2) is 4.98 Å². The molecular weight excluding hydrogens is 299 g/mol. The molecule has 0 bridgehead atoms. The van der Waals surface area contributed by atoms with Gasteiger partial charge in [0, 0.05) is 0 Å². The van der Waals surface area contributed by atoms with Crippen molar-refractivity contribution in [2.24, 2.45) is 0 Å². The van der Waals surface area contributed by atoms with Crippen LogP contribution >= 0.6 is 15.9 Å². The average molecular weight is 311 g/mol. The van der Waals surface area contributed by atoms with Gasteiger partial charge in [0.05, 0.1) is 16.4 Å². The molecule has 0 radical (unpaired) electrons. The van der Waals surface area contributed by atoms with Crippen molar-refractivity contribution in [1.29, 1.82) is 0 Å². The summed E-state index contributed by atoms with van der Waals surface area (Å²) >= 11 is 3.34. The van der Waals surface area contributed by atoms with E-state index in [1.54, 1.807) is 12.1 Å². The highest BCUT2D eigenvalue weighted by Gasteiger charge is 2.12. The molecule has 0 amide bonds. The minimum Gasteiger partial charge on any atom is -0.435 e. The van der Waals surface area contributed by atoms with Crippen LogP contribution < -0.4 is 10.5 Å². The summed E-state index contributed by atoms with van der Waals surface area (Å²) in [5.74, 6) is 0.0161.